The molecule has 0 aliphatic carbocycles. The Balaban J connectivity index is 2.20. The fraction of sp³-hybridized carbons (Fsp3) is 0.208. The van der Waals surface area contributed by atoms with Crippen molar-refractivity contribution in [2.45, 2.75) is 37.4 Å². The fourth-order valence-corrected chi connectivity index (χ4v) is 4.53. The number of nitriles is 1. The van der Waals surface area contributed by atoms with Crippen LogP contribution in [0.15, 0.2) is 53.4 Å². The number of hydrogen-bond donors (Lipinski definition) is 2. The van der Waals surface area contributed by atoms with E-state index in [2.05, 4.69) is 4.74 Å². The molecule has 0 bridgehead atoms. The number of halogens is 5. The largest absolute Gasteiger partial charge is 0.573 e. The summed E-state index contributed by atoms with van der Waals surface area (Å²) in [6, 6.07) is 9.56. The number of hydrogen-bond acceptors (Lipinski definition) is 5. The van der Waals surface area contributed by atoms with Gasteiger partial charge in [-0.05, 0) is 52.9 Å². The molecule has 12 heteroatoms. The second-order valence-electron chi connectivity index (χ2n) is 8.73. The number of ether oxygens (including phenoxy) is 1. The van der Waals surface area contributed by atoms with E-state index < -0.39 is 55.5 Å². The average molecular weight is 526 g/mol. The van der Waals surface area contributed by atoms with Gasteiger partial charge in [0.1, 0.15) is 10.6 Å². The lowest BCUT2D eigenvalue weighted by molar-refractivity contribution is -0.274. The van der Waals surface area contributed by atoms with Gasteiger partial charge in [-0.1, -0.05) is 26.8 Å². The molecule has 0 saturated heterocycles. The standard InChI is InChI=1S/C24H19F5N2O4S/c1-23(2,3)16-9-15(14-5-6-17(25)18(26)10-14)11-21(22(16)32)36(33,34)31-19-7-4-13(12-30)8-20(19)35-24(27,28)29/h4-11,31-32H,1-3H3. The summed E-state index contributed by atoms with van der Waals surface area (Å²) in [6.45, 7) is 4.99. The monoisotopic (exact) mass is 526 g/mol. The zero-order valence-electron chi connectivity index (χ0n) is 19.0. The van der Waals surface area contributed by atoms with Gasteiger partial charge in [0, 0.05) is 11.6 Å². The highest BCUT2D eigenvalue weighted by molar-refractivity contribution is 7.92. The van der Waals surface area contributed by atoms with E-state index in [-0.39, 0.29) is 22.3 Å². The molecule has 3 aromatic rings. The Kier molecular flexibility index (Phi) is 6.92. The number of nitrogens with one attached hydrogen (secondary N) is 1. The van der Waals surface area contributed by atoms with Crippen molar-refractivity contribution >= 4 is 15.7 Å². The Hall–Kier alpha value is -3.85. The number of alkyl halides is 3. The summed E-state index contributed by atoms with van der Waals surface area (Å²) in [5.41, 5.74) is -1.39. The number of sulfonamides is 1. The predicted molar refractivity (Wildman–Crippen MR) is 121 cm³/mol. The second kappa shape index (κ2) is 9.31. The minimum absolute atomic E-state index is 0.0929. The quantitative estimate of drug-likeness (QED) is 0.386. The zero-order chi connectivity index (χ0) is 27.1. The Morgan fingerprint density at radius 1 is 0.944 bits per heavy atom. The van der Waals surface area contributed by atoms with E-state index in [0.717, 1.165) is 30.3 Å². The summed E-state index contributed by atoms with van der Waals surface area (Å²) in [4.78, 5) is -0.725. The van der Waals surface area contributed by atoms with Crippen molar-refractivity contribution in [3.63, 3.8) is 0 Å². The smallest absolute Gasteiger partial charge is 0.506 e. The third kappa shape index (κ3) is 5.85. The Labute approximate surface area is 203 Å². The van der Waals surface area contributed by atoms with Crippen molar-refractivity contribution in [2.24, 2.45) is 0 Å². The van der Waals surface area contributed by atoms with E-state index in [0.29, 0.717) is 6.07 Å². The number of phenols is 1. The average Bonchev–Trinajstić information content (AvgIpc) is 2.75. The fourth-order valence-electron chi connectivity index (χ4n) is 3.31. The molecular formula is C24H19F5N2O4S. The van der Waals surface area contributed by atoms with E-state index in [9.17, 15) is 35.5 Å². The van der Waals surface area contributed by atoms with Gasteiger partial charge in [0.2, 0.25) is 0 Å². The highest BCUT2D eigenvalue weighted by atomic mass is 32.2. The molecule has 3 rings (SSSR count). The van der Waals surface area contributed by atoms with Crippen LogP contribution in [0.3, 0.4) is 0 Å². The molecular weight excluding hydrogens is 507 g/mol. The summed E-state index contributed by atoms with van der Waals surface area (Å²) in [6.07, 6.45) is -5.19. The van der Waals surface area contributed by atoms with Crippen LogP contribution in [0.5, 0.6) is 11.5 Å². The summed E-state index contributed by atoms with van der Waals surface area (Å²) >= 11 is 0. The van der Waals surface area contributed by atoms with Crippen LogP contribution in [0.2, 0.25) is 0 Å². The molecule has 0 saturated carbocycles. The van der Waals surface area contributed by atoms with Crippen molar-refractivity contribution in [1.29, 1.82) is 5.26 Å². The number of phenolic OH excluding ortho intramolecular Hbond substituents is 1. The molecule has 0 unspecified atom stereocenters. The van der Waals surface area contributed by atoms with Crippen molar-refractivity contribution < 1.29 is 40.2 Å². The Morgan fingerprint density at radius 3 is 2.17 bits per heavy atom. The normalized spacial score (nSPS) is 12.2. The molecule has 3 aromatic carbocycles. The first kappa shape index (κ1) is 26.7. The van der Waals surface area contributed by atoms with Gasteiger partial charge >= 0.3 is 6.36 Å². The maximum Gasteiger partial charge on any atom is 0.573 e. The van der Waals surface area contributed by atoms with Gasteiger partial charge in [-0.25, -0.2) is 17.2 Å². The van der Waals surface area contributed by atoms with Gasteiger partial charge in [0.25, 0.3) is 10.0 Å². The second-order valence-corrected chi connectivity index (χ2v) is 10.4. The SMILES string of the molecule is CC(C)(C)c1cc(-c2ccc(F)c(F)c2)cc(S(=O)(=O)Nc2ccc(C#N)cc2OC(F)(F)F)c1O. The molecule has 2 N–H and O–H groups in total. The summed E-state index contributed by atoms with van der Waals surface area (Å²) in [5.74, 6) is -3.99. The Morgan fingerprint density at radius 2 is 1.61 bits per heavy atom. The van der Waals surface area contributed by atoms with Crippen LogP contribution < -0.4 is 9.46 Å². The predicted octanol–water partition coefficient (Wildman–Crippen LogP) is 6.21. The van der Waals surface area contributed by atoms with Gasteiger partial charge in [0.15, 0.2) is 17.4 Å². The lowest BCUT2D eigenvalue weighted by Gasteiger charge is -2.24. The number of aromatic hydroxyl groups is 1. The number of benzene rings is 3. The minimum atomic E-state index is -5.19. The number of rotatable bonds is 5. The van der Waals surface area contributed by atoms with Crippen molar-refractivity contribution in [3.8, 4) is 28.7 Å². The molecule has 0 aliphatic heterocycles. The van der Waals surface area contributed by atoms with E-state index in [1.54, 1.807) is 26.8 Å². The first-order valence-electron chi connectivity index (χ1n) is 10.2. The van der Waals surface area contributed by atoms with E-state index in [1.807, 2.05) is 4.72 Å². The number of nitrogens with zero attached hydrogens (tertiary/aromatic N) is 1. The molecule has 0 fully saturated rings. The molecule has 6 nitrogen and oxygen atoms in total. The van der Waals surface area contributed by atoms with Gasteiger partial charge < -0.3 is 9.84 Å². The van der Waals surface area contributed by atoms with Crippen molar-refractivity contribution in [2.75, 3.05) is 4.72 Å². The van der Waals surface area contributed by atoms with Gasteiger partial charge in [0.05, 0.1) is 17.3 Å². The van der Waals surface area contributed by atoms with E-state index in [1.165, 1.54) is 12.1 Å². The lowest BCUT2D eigenvalue weighted by Crippen LogP contribution is -2.20. The zero-order valence-corrected chi connectivity index (χ0v) is 19.9. The van der Waals surface area contributed by atoms with E-state index in [4.69, 9.17) is 5.26 Å². The molecule has 0 aliphatic rings. The lowest BCUT2D eigenvalue weighted by atomic mass is 9.84. The highest BCUT2D eigenvalue weighted by Crippen LogP contribution is 2.41. The molecule has 0 amide bonds. The van der Waals surface area contributed by atoms with Crippen LogP contribution in [-0.4, -0.2) is 19.9 Å². The maximum absolute atomic E-state index is 13.9. The van der Waals surface area contributed by atoms with Crippen LogP contribution in [-0.2, 0) is 15.4 Å². The van der Waals surface area contributed by atoms with Gasteiger partial charge in [-0.15, -0.1) is 13.2 Å². The summed E-state index contributed by atoms with van der Waals surface area (Å²) < 4.78 is 98.3. The first-order valence-corrected chi connectivity index (χ1v) is 11.7. The van der Waals surface area contributed by atoms with Crippen LogP contribution in [0.25, 0.3) is 11.1 Å². The molecule has 0 aromatic heterocycles. The van der Waals surface area contributed by atoms with Gasteiger partial charge in [-0.2, -0.15) is 5.26 Å². The molecule has 0 radical (unpaired) electrons. The van der Waals surface area contributed by atoms with Crippen LogP contribution >= 0.6 is 0 Å². The topological polar surface area (TPSA) is 99.4 Å². The van der Waals surface area contributed by atoms with Crippen molar-refractivity contribution in [3.05, 3.63) is 71.3 Å². The third-order valence-electron chi connectivity index (χ3n) is 5.01. The maximum atomic E-state index is 13.9. The van der Waals surface area contributed by atoms with Crippen LogP contribution in [0, 0.1) is 23.0 Å². The molecule has 0 atom stereocenters. The molecule has 0 spiro atoms. The van der Waals surface area contributed by atoms with Crippen LogP contribution in [0.4, 0.5) is 27.6 Å². The van der Waals surface area contributed by atoms with Crippen LogP contribution in [0.1, 0.15) is 31.9 Å². The van der Waals surface area contributed by atoms with E-state index >= 15 is 0 Å². The summed E-state index contributed by atoms with van der Waals surface area (Å²) in [7, 11) is -4.77. The summed E-state index contributed by atoms with van der Waals surface area (Å²) in [5, 5.41) is 19.8. The van der Waals surface area contributed by atoms with Gasteiger partial charge in [-0.3, -0.25) is 4.72 Å². The van der Waals surface area contributed by atoms with Crippen molar-refractivity contribution in [1.82, 2.24) is 0 Å². The third-order valence-corrected chi connectivity index (χ3v) is 6.39. The first-order chi connectivity index (χ1) is 16.5. The molecule has 0 heterocycles. The Bertz CT molecular complexity index is 1470. The minimum Gasteiger partial charge on any atom is -0.506 e. The molecule has 190 valence electrons. The number of anilines is 1. The highest BCUT2D eigenvalue weighted by Gasteiger charge is 2.34. The molecule has 36 heavy (non-hydrogen) atoms.